The van der Waals surface area contributed by atoms with Crippen molar-refractivity contribution in [3.8, 4) is 5.88 Å². The molecule has 1 aliphatic heterocycles. The van der Waals surface area contributed by atoms with E-state index in [2.05, 4.69) is 10.1 Å². The van der Waals surface area contributed by atoms with E-state index in [4.69, 9.17) is 4.84 Å². The molecule has 0 radical (unpaired) electrons. The number of fused-ring (bicyclic) bond motifs is 2. The quantitative estimate of drug-likeness (QED) is 0.734. The van der Waals surface area contributed by atoms with Crippen LogP contribution in [-0.4, -0.2) is 28.2 Å². The molecule has 0 spiro atoms. The minimum atomic E-state index is -0.405. The average Bonchev–Trinajstić information content (AvgIpc) is 3.05. The van der Waals surface area contributed by atoms with E-state index in [-0.39, 0.29) is 5.88 Å². The molecule has 24 heavy (non-hydrogen) atoms. The van der Waals surface area contributed by atoms with Crippen LogP contribution in [0.5, 0.6) is 5.88 Å². The van der Waals surface area contributed by atoms with Crippen LogP contribution in [0, 0.1) is 5.82 Å². The Bertz CT molecular complexity index is 1030. The van der Waals surface area contributed by atoms with Crippen LogP contribution in [0.4, 0.5) is 10.1 Å². The highest BCUT2D eigenvalue weighted by Gasteiger charge is 2.30. The number of nitrogens with zero attached hydrogens (tertiary/aromatic N) is 3. The smallest absolute Gasteiger partial charge is 0.201 e. The highest BCUT2D eigenvalue weighted by atomic mass is 19.1. The molecule has 120 valence electrons. The third-order valence-electron chi connectivity index (χ3n) is 4.17. The molecular formula is C18H14FN3O2. The maximum atomic E-state index is 14.2. The molecule has 5 nitrogen and oxygen atoms in total. The van der Waals surface area contributed by atoms with Crippen molar-refractivity contribution in [3.63, 3.8) is 0 Å². The Labute approximate surface area is 137 Å². The highest BCUT2D eigenvalue weighted by molar-refractivity contribution is 6.58. The first-order chi connectivity index (χ1) is 11.6. The fraction of sp³-hybridized carbons (Fsp3) is 0.111. The van der Waals surface area contributed by atoms with Crippen molar-refractivity contribution in [2.75, 3.05) is 7.11 Å². The maximum Gasteiger partial charge on any atom is 0.201 e. The van der Waals surface area contributed by atoms with Gasteiger partial charge in [-0.05, 0) is 12.1 Å². The lowest BCUT2D eigenvalue weighted by Crippen LogP contribution is -2.13. The summed E-state index contributed by atoms with van der Waals surface area (Å²) >= 11 is 0. The maximum absolute atomic E-state index is 14.2. The second-order valence-electron chi connectivity index (χ2n) is 5.49. The number of benzene rings is 2. The molecule has 0 amide bonds. The SMILES string of the molecule is CO/N=C1/C(c2c(O)n(C)c3c(F)cccc23)=Nc2ccccc21. The van der Waals surface area contributed by atoms with Gasteiger partial charge in [0.25, 0.3) is 0 Å². The van der Waals surface area contributed by atoms with Crippen LogP contribution in [-0.2, 0) is 11.9 Å². The molecule has 6 heteroatoms. The third-order valence-corrected chi connectivity index (χ3v) is 4.17. The van der Waals surface area contributed by atoms with Crippen LogP contribution in [0.1, 0.15) is 11.1 Å². The molecule has 1 aromatic heterocycles. The summed E-state index contributed by atoms with van der Waals surface area (Å²) in [5, 5.41) is 15.2. The summed E-state index contributed by atoms with van der Waals surface area (Å²) in [6.07, 6.45) is 0. The highest BCUT2D eigenvalue weighted by Crippen LogP contribution is 2.37. The third kappa shape index (κ3) is 1.86. The van der Waals surface area contributed by atoms with E-state index in [9.17, 15) is 9.50 Å². The fourth-order valence-corrected chi connectivity index (χ4v) is 3.12. The Hall–Kier alpha value is -3.15. The van der Waals surface area contributed by atoms with Crippen molar-refractivity contribution < 1.29 is 14.3 Å². The van der Waals surface area contributed by atoms with Crippen LogP contribution < -0.4 is 0 Å². The molecule has 0 unspecified atom stereocenters. The minimum absolute atomic E-state index is 0.0644. The first-order valence-corrected chi connectivity index (χ1v) is 7.39. The molecule has 0 aliphatic carbocycles. The molecule has 0 bridgehead atoms. The Kier molecular flexibility index (Phi) is 3.13. The van der Waals surface area contributed by atoms with Crippen molar-refractivity contribution in [2.24, 2.45) is 17.2 Å². The topological polar surface area (TPSA) is 59.1 Å². The lowest BCUT2D eigenvalue weighted by atomic mass is 10.0. The zero-order valence-corrected chi connectivity index (χ0v) is 13.1. The molecule has 2 heterocycles. The average molecular weight is 323 g/mol. The lowest BCUT2D eigenvalue weighted by molar-refractivity contribution is 0.214. The Balaban J connectivity index is 2.04. The summed E-state index contributed by atoms with van der Waals surface area (Å²) in [6, 6.07) is 12.2. The van der Waals surface area contributed by atoms with Gasteiger partial charge in [-0.25, -0.2) is 9.38 Å². The molecule has 0 fully saturated rings. The largest absolute Gasteiger partial charge is 0.494 e. The number of aromatic nitrogens is 1. The van der Waals surface area contributed by atoms with Gasteiger partial charge in [-0.2, -0.15) is 0 Å². The number of aryl methyl sites for hydroxylation is 1. The van der Waals surface area contributed by atoms with Crippen LogP contribution in [0.25, 0.3) is 10.9 Å². The zero-order chi connectivity index (χ0) is 16.8. The minimum Gasteiger partial charge on any atom is -0.494 e. The normalized spacial score (nSPS) is 15.0. The van der Waals surface area contributed by atoms with Crippen molar-refractivity contribution in [1.29, 1.82) is 0 Å². The van der Waals surface area contributed by atoms with Crippen LogP contribution in [0.2, 0.25) is 0 Å². The number of hydrogen-bond donors (Lipinski definition) is 1. The van der Waals surface area contributed by atoms with E-state index in [0.29, 0.717) is 27.9 Å². The van der Waals surface area contributed by atoms with E-state index in [1.807, 2.05) is 24.3 Å². The summed E-state index contributed by atoms with van der Waals surface area (Å²) < 4.78 is 15.6. The fourth-order valence-electron chi connectivity index (χ4n) is 3.12. The number of hydrogen-bond acceptors (Lipinski definition) is 4. The van der Waals surface area contributed by atoms with Crippen molar-refractivity contribution in [2.45, 2.75) is 0 Å². The Morgan fingerprint density at radius 2 is 1.96 bits per heavy atom. The summed E-state index contributed by atoms with van der Waals surface area (Å²) in [5.74, 6) is -0.469. The monoisotopic (exact) mass is 323 g/mol. The van der Waals surface area contributed by atoms with Gasteiger partial charge in [-0.15, -0.1) is 0 Å². The van der Waals surface area contributed by atoms with Crippen molar-refractivity contribution in [1.82, 2.24) is 4.57 Å². The number of oxime groups is 1. The Morgan fingerprint density at radius 3 is 2.75 bits per heavy atom. The van der Waals surface area contributed by atoms with Gasteiger partial charge >= 0.3 is 0 Å². The van der Waals surface area contributed by atoms with Gasteiger partial charge < -0.3 is 14.5 Å². The van der Waals surface area contributed by atoms with E-state index >= 15 is 0 Å². The molecule has 4 rings (SSSR count). The van der Waals surface area contributed by atoms with E-state index in [0.717, 1.165) is 11.3 Å². The summed E-state index contributed by atoms with van der Waals surface area (Å²) in [7, 11) is 3.06. The number of para-hydroxylation sites is 2. The molecule has 0 saturated heterocycles. The molecular weight excluding hydrogens is 309 g/mol. The summed E-state index contributed by atoms with van der Waals surface area (Å²) in [5.41, 5.74) is 3.28. The number of rotatable bonds is 2. The molecule has 1 aliphatic rings. The van der Waals surface area contributed by atoms with Crippen molar-refractivity contribution in [3.05, 3.63) is 59.4 Å². The van der Waals surface area contributed by atoms with Crippen molar-refractivity contribution >= 4 is 28.0 Å². The van der Waals surface area contributed by atoms with E-state index in [1.165, 1.54) is 17.7 Å². The first-order valence-electron chi connectivity index (χ1n) is 7.39. The predicted octanol–water partition coefficient (Wildman–Crippen LogP) is 3.51. The standard InChI is InChI=1S/C18H14FN3O2/c1-22-17-11(7-5-8-12(17)19)14(18(22)23)16-15(21-24-2)10-6-3-4-9-13(10)20-16/h3-9,23H,1-2H3/b21-15+. The molecule has 1 N–H and O–H groups in total. The molecule has 0 atom stereocenters. The summed E-state index contributed by atoms with van der Waals surface area (Å²) in [6.45, 7) is 0. The van der Waals surface area contributed by atoms with E-state index in [1.54, 1.807) is 19.2 Å². The number of halogens is 1. The van der Waals surface area contributed by atoms with E-state index < -0.39 is 5.82 Å². The lowest BCUT2D eigenvalue weighted by Gasteiger charge is -2.03. The second-order valence-corrected chi connectivity index (χ2v) is 5.49. The predicted molar refractivity (Wildman–Crippen MR) is 90.7 cm³/mol. The van der Waals surface area contributed by atoms with Gasteiger partial charge in [0.05, 0.1) is 16.8 Å². The first kappa shape index (κ1) is 14.4. The van der Waals surface area contributed by atoms with Crippen LogP contribution in [0.3, 0.4) is 0 Å². The molecule has 0 saturated carbocycles. The zero-order valence-electron chi connectivity index (χ0n) is 13.1. The number of aromatic hydroxyl groups is 1. The van der Waals surface area contributed by atoms with Gasteiger partial charge in [-0.1, -0.05) is 35.5 Å². The van der Waals surface area contributed by atoms with Crippen LogP contribution >= 0.6 is 0 Å². The second kappa shape index (κ2) is 5.19. The van der Waals surface area contributed by atoms with Gasteiger partial charge in [0.2, 0.25) is 5.88 Å². The van der Waals surface area contributed by atoms with Gasteiger partial charge in [0.15, 0.2) is 0 Å². The van der Waals surface area contributed by atoms with Gasteiger partial charge in [0, 0.05) is 18.0 Å². The summed E-state index contributed by atoms with van der Waals surface area (Å²) in [4.78, 5) is 9.55. The number of aliphatic imine (C=N–C) groups is 1. The van der Waals surface area contributed by atoms with Gasteiger partial charge in [0.1, 0.15) is 24.4 Å². The Morgan fingerprint density at radius 1 is 1.17 bits per heavy atom. The molecule has 2 aromatic carbocycles. The molecule has 3 aromatic rings. The van der Waals surface area contributed by atoms with Crippen LogP contribution in [0.15, 0.2) is 52.6 Å². The van der Waals surface area contributed by atoms with Gasteiger partial charge in [-0.3, -0.25) is 0 Å².